The topological polar surface area (TPSA) is 103 Å². The van der Waals surface area contributed by atoms with Crippen molar-refractivity contribution in [2.45, 2.75) is 36.9 Å². The molecule has 1 fully saturated rings. The van der Waals surface area contributed by atoms with Gasteiger partial charge in [0.25, 0.3) is 0 Å². The van der Waals surface area contributed by atoms with Gasteiger partial charge in [0.05, 0.1) is 6.61 Å². The maximum atomic E-state index is 10.7. The number of thiophene rings is 1. The van der Waals surface area contributed by atoms with E-state index in [1.54, 1.807) is 11.3 Å². The minimum atomic E-state index is -1.44. The lowest BCUT2D eigenvalue weighted by atomic mass is 9.90. The van der Waals surface area contributed by atoms with E-state index in [2.05, 4.69) is 18.2 Å². The summed E-state index contributed by atoms with van der Waals surface area (Å²) in [6.45, 7) is 0.671. The fourth-order valence-corrected chi connectivity index (χ4v) is 5.18. The van der Waals surface area contributed by atoms with Crippen molar-refractivity contribution >= 4 is 21.4 Å². The summed E-state index contributed by atoms with van der Waals surface area (Å²) in [6.07, 6.45) is -5.44. The third-order valence-corrected chi connectivity index (χ3v) is 7.04. The number of aliphatic hydroxyl groups excluding tert-OH is 4. The fourth-order valence-electron chi connectivity index (χ4n) is 4.08. The first-order valence-corrected chi connectivity index (χ1v) is 11.9. The minimum absolute atomic E-state index is 0.438. The van der Waals surface area contributed by atoms with Gasteiger partial charge in [-0.25, -0.2) is 0 Å². The molecule has 4 rings (SSSR count). The van der Waals surface area contributed by atoms with Crippen LogP contribution < -0.4 is 4.74 Å². The highest BCUT2D eigenvalue weighted by Gasteiger charge is 2.44. The second-order valence-electron chi connectivity index (χ2n) is 8.70. The zero-order valence-corrected chi connectivity index (χ0v) is 19.6. The molecule has 4 N–H and O–H groups in total. The summed E-state index contributed by atoms with van der Waals surface area (Å²) in [6, 6.07) is 16.2. The lowest BCUT2D eigenvalue weighted by molar-refractivity contribution is -0.232. The second kappa shape index (κ2) is 10.5. The van der Waals surface area contributed by atoms with Crippen molar-refractivity contribution in [3.63, 3.8) is 0 Å². The molecule has 0 spiro atoms. The van der Waals surface area contributed by atoms with Gasteiger partial charge in [-0.1, -0.05) is 24.3 Å². The third kappa shape index (κ3) is 5.38. The van der Waals surface area contributed by atoms with Crippen LogP contribution in [0.1, 0.15) is 22.1 Å². The highest BCUT2D eigenvalue weighted by Crippen LogP contribution is 2.38. The average Bonchev–Trinajstić information content (AvgIpc) is 3.21. The lowest BCUT2D eigenvalue weighted by Gasteiger charge is -2.40. The van der Waals surface area contributed by atoms with Gasteiger partial charge >= 0.3 is 0 Å². The van der Waals surface area contributed by atoms with Crippen molar-refractivity contribution in [3.8, 4) is 5.75 Å². The van der Waals surface area contributed by atoms with E-state index in [1.807, 2.05) is 49.3 Å². The molecule has 2 unspecified atom stereocenters. The van der Waals surface area contributed by atoms with E-state index in [9.17, 15) is 20.4 Å². The average molecular weight is 474 g/mol. The number of rotatable bonds is 8. The zero-order valence-electron chi connectivity index (χ0n) is 18.8. The van der Waals surface area contributed by atoms with Crippen LogP contribution in [-0.2, 0) is 11.2 Å². The maximum absolute atomic E-state index is 10.7. The van der Waals surface area contributed by atoms with Crippen molar-refractivity contribution in [1.29, 1.82) is 0 Å². The van der Waals surface area contributed by atoms with Crippen LogP contribution in [0.5, 0.6) is 5.75 Å². The first-order valence-electron chi connectivity index (χ1n) is 11.1. The van der Waals surface area contributed by atoms with Crippen LogP contribution in [0.2, 0.25) is 0 Å². The molecule has 178 valence electrons. The van der Waals surface area contributed by atoms with Crippen LogP contribution >= 0.6 is 11.3 Å². The number of hydrogen-bond acceptors (Lipinski definition) is 8. The fraction of sp³-hybridized carbons (Fsp3) is 0.440. The monoisotopic (exact) mass is 473 g/mol. The normalized spacial score (nSPS) is 25.6. The van der Waals surface area contributed by atoms with Crippen LogP contribution in [0.15, 0.2) is 48.5 Å². The molecule has 1 aliphatic rings. The van der Waals surface area contributed by atoms with E-state index >= 15 is 0 Å². The molecule has 0 radical (unpaired) electrons. The van der Waals surface area contributed by atoms with E-state index in [4.69, 9.17) is 9.47 Å². The Morgan fingerprint density at radius 2 is 1.79 bits per heavy atom. The first-order chi connectivity index (χ1) is 15.9. The van der Waals surface area contributed by atoms with Gasteiger partial charge in [-0.15, -0.1) is 11.3 Å². The van der Waals surface area contributed by atoms with Gasteiger partial charge in [-0.3, -0.25) is 0 Å². The molecule has 2 heterocycles. The zero-order chi connectivity index (χ0) is 23.5. The Labute approximate surface area is 197 Å². The van der Waals surface area contributed by atoms with Gasteiger partial charge in [0.1, 0.15) is 42.9 Å². The number of hydrogen-bond donors (Lipinski definition) is 4. The summed E-state index contributed by atoms with van der Waals surface area (Å²) >= 11 is 1.74. The Hall–Kier alpha value is -2.04. The Balaban J connectivity index is 1.65. The third-order valence-electron chi connectivity index (χ3n) is 5.92. The van der Waals surface area contributed by atoms with Crippen LogP contribution in [0, 0.1) is 0 Å². The van der Waals surface area contributed by atoms with Crippen LogP contribution in [-0.4, -0.2) is 83.6 Å². The van der Waals surface area contributed by atoms with Crippen molar-refractivity contribution < 1.29 is 29.9 Å². The molecule has 0 saturated carbocycles. The van der Waals surface area contributed by atoms with Crippen molar-refractivity contribution in [2.75, 3.05) is 33.9 Å². The molecule has 0 aliphatic carbocycles. The van der Waals surface area contributed by atoms with Gasteiger partial charge in [0.15, 0.2) is 0 Å². The van der Waals surface area contributed by atoms with Gasteiger partial charge in [-0.05, 0) is 49.3 Å². The molecular weight excluding hydrogens is 442 g/mol. The van der Waals surface area contributed by atoms with Crippen LogP contribution in [0.4, 0.5) is 0 Å². The molecular formula is C25H31NO6S. The van der Waals surface area contributed by atoms with E-state index in [1.165, 1.54) is 15.0 Å². The highest BCUT2D eigenvalue weighted by molar-refractivity contribution is 7.19. The van der Waals surface area contributed by atoms with Crippen LogP contribution in [0.3, 0.4) is 0 Å². The Morgan fingerprint density at radius 3 is 2.52 bits per heavy atom. The number of nitrogens with zero attached hydrogens (tertiary/aromatic N) is 1. The van der Waals surface area contributed by atoms with E-state index in [0.29, 0.717) is 30.9 Å². The summed E-state index contributed by atoms with van der Waals surface area (Å²) in [5.74, 6) is 0.543. The van der Waals surface area contributed by atoms with E-state index in [0.717, 1.165) is 5.56 Å². The van der Waals surface area contributed by atoms with E-state index < -0.39 is 37.1 Å². The maximum Gasteiger partial charge on any atom is 0.125 e. The number of aliphatic hydroxyl groups is 4. The molecule has 8 heteroatoms. The molecule has 3 aromatic rings. The Kier molecular flexibility index (Phi) is 7.65. The predicted octanol–water partition coefficient (Wildman–Crippen LogP) is 1.95. The van der Waals surface area contributed by atoms with Gasteiger partial charge in [0.2, 0.25) is 0 Å². The molecule has 0 bridgehead atoms. The summed E-state index contributed by atoms with van der Waals surface area (Å²) < 4.78 is 13.1. The minimum Gasteiger partial charge on any atom is -0.492 e. The van der Waals surface area contributed by atoms with Crippen molar-refractivity contribution in [1.82, 2.24) is 4.90 Å². The van der Waals surface area contributed by atoms with E-state index in [-0.39, 0.29) is 0 Å². The summed E-state index contributed by atoms with van der Waals surface area (Å²) in [5, 5.41) is 42.0. The molecule has 5 atom stereocenters. The molecule has 1 saturated heterocycles. The Bertz CT molecular complexity index is 1030. The molecule has 0 amide bonds. The molecule has 7 nitrogen and oxygen atoms in total. The molecule has 33 heavy (non-hydrogen) atoms. The molecule has 2 aromatic carbocycles. The predicted molar refractivity (Wildman–Crippen MR) is 128 cm³/mol. The smallest absolute Gasteiger partial charge is 0.125 e. The highest BCUT2D eigenvalue weighted by atomic mass is 32.1. The molecule has 1 aliphatic heterocycles. The Morgan fingerprint density at radius 1 is 1.00 bits per heavy atom. The number of likely N-dealkylation sites (N-methyl/N-ethyl adjacent to an activating group) is 1. The summed E-state index contributed by atoms with van der Waals surface area (Å²) in [7, 11) is 3.91. The van der Waals surface area contributed by atoms with Crippen LogP contribution in [0.25, 0.3) is 10.1 Å². The van der Waals surface area contributed by atoms with Gasteiger partial charge in [-0.2, -0.15) is 0 Å². The second-order valence-corrected chi connectivity index (χ2v) is 9.87. The van der Waals surface area contributed by atoms with Crippen molar-refractivity contribution in [3.05, 3.63) is 64.5 Å². The summed E-state index contributed by atoms with van der Waals surface area (Å²) in [5.41, 5.74) is 1.60. The number of ether oxygens (including phenoxy) is 2. The quantitative estimate of drug-likeness (QED) is 0.397. The molecule has 1 aromatic heterocycles. The van der Waals surface area contributed by atoms with Crippen molar-refractivity contribution in [2.24, 2.45) is 0 Å². The SMILES string of the molecule is CN(C)CCOc1ccc(Cc2cc3ccccc3s2)cc1C1OC(CO)[C@@H](O)[C@H](O)[C@H]1O. The summed E-state index contributed by atoms with van der Waals surface area (Å²) in [4.78, 5) is 3.21. The lowest BCUT2D eigenvalue weighted by Crippen LogP contribution is -2.55. The van der Waals surface area contributed by atoms with Gasteiger partial charge in [0, 0.05) is 28.1 Å². The first kappa shape index (κ1) is 24.1. The van der Waals surface area contributed by atoms with Gasteiger partial charge < -0.3 is 34.8 Å². The standard InChI is InChI=1S/C25H31NO6S/c1-26(2)9-10-31-19-8-7-15(11-17-13-16-5-3-4-6-21(16)33-17)12-18(19)25-24(30)23(29)22(28)20(14-27)32-25/h3-8,12-13,20,22-25,27-30H,9-11,14H2,1-2H3/t20?,22-,23+,24-,25?/m1/s1. The number of benzene rings is 2. The number of fused-ring (bicyclic) bond motifs is 1. The largest absolute Gasteiger partial charge is 0.492 e.